The first kappa shape index (κ1) is 7.64. The molecule has 0 atom stereocenters. The van der Waals surface area contributed by atoms with Gasteiger partial charge < -0.3 is 4.42 Å². The Balaban J connectivity index is 2.65. The maximum absolute atomic E-state index is 11.5. The van der Waals surface area contributed by atoms with Gasteiger partial charge >= 0.3 is 0 Å². The maximum Gasteiger partial charge on any atom is 0.267 e. The Morgan fingerprint density at radius 2 is 2.14 bits per heavy atom. The van der Waals surface area contributed by atoms with E-state index in [0.29, 0.717) is 16.8 Å². The third kappa shape index (κ3) is 0.571. The topological polar surface area (TPSA) is 83.1 Å². The van der Waals surface area contributed by atoms with Gasteiger partial charge in [0.2, 0.25) is 0 Å². The second kappa shape index (κ2) is 1.86. The van der Waals surface area contributed by atoms with Crippen LogP contribution in [-0.2, 0) is 10.0 Å². The molecule has 1 aliphatic heterocycles. The smallest absolute Gasteiger partial charge is 0.267 e. The van der Waals surface area contributed by atoms with Crippen molar-refractivity contribution in [2.24, 2.45) is 0 Å². The van der Waals surface area contributed by atoms with Gasteiger partial charge in [-0.1, -0.05) is 0 Å². The standard InChI is InChI=1S/C8H4N2O3S/c1-3-5-7-8(14(11,12)10-5)4(2-9)6(3)13-7/h10H,1H3. The first-order valence-corrected chi connectivity index (χ1v) is 5.36. The van der Waals surface area contributed by atoms with Crippen molar-refractivity contribution in [3.05, 3.63) is 11.1 Å². The first-order valence-electron chi connectivity index (χ1n) is 3.87. The summed E-state index contributed by atoms with van der Waals surface area (Å²) in [5.41, 5.74) is 1.94. The Bertz CT molecular complexity index is 690. The van der Waals surface area contributed by atoms with Gasteiger partial charge in [-0.25, -0.2) is 8.42 Å². The third-order valence-corrected chi connectivity index (χ3v) is 3.82. The van der Waals surface area contributed by atoms with E-state index in [0.717, 1.165) is 0 Å². The van der Waals surface area contributed by atoms with Crippen LogP contribution in [-0.4, -0.2) is 8.42 Å². The molecule has 5 nitrogen and oxygen atoms in total. The van der Waals surface area contributed by atoms with Crippen LogP contribution in [0, 0.1) is 18.3 Å². The molecule has 0 saturated heterocycles. The average Bonchev–Trinajstić information content (AvgIpc) is 2.67. The predicted molar refractivity (Wildman–Crippen MR) is 47.7 cm³/mol. The van der Waals surface area contributed by atoms with E-state index in [-0.39, 0.29) is 16.0 Å². The number of sulfonamides is 1. The van der Waals surface area contributed by atoms with Crippen molar-refractivity contribution in [1.82, 2.24) is 0 Å². The van der Waals surface area contributed by atoms with Crippen LogP contribution in [0.3, 0.4) is 0 Å². The highest BCUT2D eigenvalue weighted by Gasteiger charge is 2.39. The monoisotopic (exact) mass is 208 g/mol. The zero-order valence-corrected chi connectivity index (χ0v) is 7.90. The maximum atomic E-state index is 11.5. The van der Waals surface area contributed by atoms with Crippen molar-refractivity contribution in [3.8, 4) is 6.07 Å². The summed E-state index contributed by atoms with van der Waals surface area (Å²) in [5.74, 6) is 0. The molecule has 0 fully saturated rings. The number of nitrogens with zero attached hydrogens (tertiary/aromatic N) is 1. The zero-order valence-electron chi connectivity index (χ0n) is 7.08. The molecule has 3 heterocycles. The summed E-state index contributed by atoms with van der Waals surface area (Å²) < 4.78 is 30.6. The van der Waals surface area contributed by atoms with Crippen LogP contribution in [0.2, 0.25) is 0 Å². The lowest BCUT2D eigenvalue weighted by atomic mass is 10.1. The van der Waals surface area contributed by atoms with Gasteiger partial charge in [0.25, 0.3) is 10.0 Å². The Morgan fingerprint density at radius 1 is 1.43 bits per heavy atom. The molecule has 1 N–H and O–H groups in total. The molecule has 2 aromatic rings. The normalized spacial score (nSPS) is 17.1. The van der Waals surface area contributed by atoms with E-state index in [1.807, 2.05) is 6.07 Å². The highest BCUT2D eigenvalue weighted by molar-refractivity contribution is 7.93. The summed E-state index contributed by atoms with van der Waals surface area (Å²) in [7, 11) is -3.56. The highest BCUT2D eigenvalue weighted by atomic mass is 32.2. The fourth-order valence-corrected chi connectivity index (χ4v) is 3.21. The fourth-order valence-electron chi connectivity index (χ4n) is 1.79. The van der Waals surface area contributed by atoms with E-state index in [4.69, 9.17) is 9.68 Å². The molecule has 2 bridgehead atoms. The number of hydrogen-bond acceptors (Lipinski definition) is 4. The summed E-state index contributed by atoms with van der Waals surface area (Å²) in [6.45, 7) is 1.72. The minimum absolute atomic E-state index is 0.00407. The number of nitriles is 1. The number of nitrogens with one attached hydrogen (secondary N) is 1. The van der Waals surface area contributed by atoms with Gasteiger partial charge in [0.1, 0.15) is 11.6 Å². The van der Waals surface area contributed by atoms with Crippen molar-refractivity contribution in [3.63, 3.8) is 0 Å². The summed E-state index contributed by atoms with van der Waals surface area (Å²) in [6.07, 6.45) is 0. The zero-order chi connectivity index (χ0) is 10.1. The Hall–Kier alpha value is -1.74. The van der Waals surface area contributed by atoms with Gasteiger partial charge in [-0.15, -0.1) is 0 Å². The second-order valence-electron chi connectivity index (χ2n) is 3.18. The molecular formula is C8H4N2O3S. The molecule has 2 aromatic heterocycles. The molecule has 0 spiro atoms. The fraction of sp³-hybridized carbons (Fsp3) is 0.125. The second-order valence-corrected chi connectivity index (χ2v) is 4.80. The first-order chi connectivity index (χ1) is 6.56. The van der Waals surface area contributed by atoms with Crippen molar-refractivity contribution in [2.75, 3.05) is 4.72 Å². The molecule has 0 unspecified atom stereocenters. The van der Waals surface area contributed by atoms with Crippen molar-refractivity contribution < 1.29 is 12.8 Å². The average molecular weight is 208 g/mol. The summed E-state index contributed by atoms with van der Waals surface area (Å²) >= 11 is 0. The van der Waals surface area contributed by atoms with Crippen molar-refractivity contribution in [1.29, 1.82) is 5.26 Å². The lowest BCUT2D eigenvalue weighted by molar-refractivity contribution is 0.602. The minimum atomic E-state index is -3.56. The Labute approximate surface area is 79.3 Å². The van der Waals surface area contributed by atoms with Crippen LogP contribution in [0.4, 0.5) is 5.69 Å². The third-order valence-electron chi connectivity index (χ3n) is 2.42. The van der Waals surface area contributed by atoms with Crippen LogP contribution in [0.15, 0.2) is 9.31 Å². The van der Waals surface area contributed by atoms with Gasteiger partial charge in [-0.3, -0.25) is 4.72 Å². The number of anilines is 1. The van der Waals surface area contributed by atoms with Crippen LogP contribution in [0.1, 0.15) is 11.1 Å². The highest BCUT2D eigenvalue weighted by Crippen LogP contribution is 2.47. The van der Waals surface area contributed by atoms with E-state index in [1.54, 1.807) is 6.92 Å². The summed E-state index contributed by atoms with van der Waals surface area (Å²) in [6, 6.07) is 1.85. The molecule has 1 aliphatic rings. The number of fused-ring (bicyclic) bond motifs is 1. The number of benzene rings is 1. The number of hydrogen-bond donors (Lipinski definition) is 1. The van der Waals surface area contributed by atoms with Crippen LogP contribution in [0.25, 0.3) is 11.2 Å². The molecule has 0 amide bonds. The van der Waals surface area contributed by atoms with E-state index < -0.39 is 10.0 Å². The van der Waals surface area contributed by atoms with E-state index >= 15 is 0 Å². The number of aryl methyl sites for hydroxylation is 1. The summed E-state index contributed by atoms with van der Waals surface area (Å²) in [5, 5.41) is 8.82. The lowest BCUT2D eigenvalue weighted by Crippen LogP contribution is -2.06. The molecule has 70 valence electrons. The quantitative estimate of drug-likeness (QED) is 0.704. The van der Waals surface area contributed by atoms with Crippen LogP contribution in [0.5, 0.6) is 0 Å². The van der Waals surface area contributed by atoms with Crippen molar-refractivity contribution >= 4 is 26.9 Å². The lowest BCUT2D eigenvalue weighted by Gasteiger charge is -1.92. The van der Waals surface area contributed by atoms with Gasteiger partial charge in [0, 0.05) is 5.56 Å². The SMILES string of the molecule is Cc1c2c3oc1c(C#N)c3S(=O)(=O)N2. The predicted octanol–water partition coefficient (Wildman–Crippen LogP) is 1.16. The molecule has 0 radical (unpaired) electrons. The molecule has 3 rings (SSSR count). The number of rotatable bonds is 0. The van der Waals surface area contributed by atoms with Crippen LogP contribution >= 0.6 is 0 Å². The van der Waals surface area contributed by atoms with Crippen molar-refractivity contribution in [2.45, 2.75) is 11.8 Å². The molecule has 14 heavy (non-hydrogen) atoms. The molecule has 6 heteroatoms. The molecule has 0 aromatic carbocycles. The van der Waals surface area contributed by atoms with Gasteiger partial charge in [-0.05, 0) is 6.92 Å². The molecule has 0 saturated carbocycles. The van der Waals surface area contributed by atoms with Gasteiger partial charge in [0.05, 0.1) is 5.69 Å². The Morgan fingerprint density at radius 3 is 2.79 bits per heavy atom. The van der Waals surface area contributed by atoms with Crippen LogP contribution < -0.4 is 4.72 Å². The number of furan rings is 2. The van der Waals surface area contributed by atoms with Gasteiger partial charge in [0.15, 0.2) is 16.1 Å². The molecular weight excluding hydrogens is 204 g/mol. The van der Waals surface area contributed by atoms with E-state index in [1.165, 1.54) is 0 Å². The van der Waals surface area contributed by atoms with E-state index in [2.05, 4.69) is 4.72 Å². The summed E-state index contributed by atoms with van der Waals surface area (Å²) in [4.78, 5) is -0.00407. The molecule has 0 aliphatic carbocycles. The van der Waals surface area contributed by atoms with E-state index in [9.17, 15) is 8.42 Å². The van der Waals surface area contributed by atoms with Gasteiger partial charge in [-0.2, -0.15) is 5.26 Å². The Kier molecular flexibility index (Phi) is 1.01. The largest absolute Gasteiger partial charge is 0.452 e. The minimum Gasteiger partial charge on any atom is -0.452 e.